The molecule has 0 unspecified atom stereocenters. The maximum atomic E-state index is 13.4. The summed E-state index contributed by atoms with van der Waals surface area (Å²) in [6.07, 6.45) is 4.54. The zero-order valence-electron chi connectivity index (χ0n) is 18.7. The molecule has 184 valence electrons. The van der Waals surface area contributed by atoms with Crippen molar-refractivity contribution in [1.29, 1.82) is 0 Å². The van der Waals surface area contributed by atoms with Crippen LogP contribution in [0.25, 0.3) is 16.7 Å². The van der Waals surface area contributed by atoms with Gasteiger partial charge in [-0.15, -0.1) is 0 Å². The van der Waals surface area contributed by atoms with Gasteiger partial charge in [0.15, 0.2) is 5.65 Å². The molecule has 0 spiro atoms. The first-order valence-electron chi connectivity index (χ1n) is 10.7. The average molecular weight is 489 g/mol. The Morgan fingerprint density at radius 2 is 1.94 bits per heavy atom. The highest BCUT2D eigenvalue weighted by Gasteiger charge is 2.38. The van der Waals surface area contributed by atoms with Gasteiger partial charge in [-0.25, -0.2) is 19.3 Å². The van der Waals surface area contributed by atoms with Gasteiger partial charge in [0, 0.05) is 37.2 Å². The van der Waals surface area contributed by atoms with Crippen molar-refractivity contribution in [2.45, 2.75) is 25.4 Å². The normalized spacial score (nSPS) is 13.5. The molecular formula is C22H22F3N7O3. The van der Waals surface area contributed by atoms with Crippen molar-refractivity contribution in [1.82, 2.24) is 24.1 Å². The summed E-state index contributed by atoms with van der Waals surface area (Å²) < 4.78 is 35.4. The second-order valence-corrected chi connectivity index (χ2v) is 7.98. The van der Waals surface area contributed by atoms with Crippen LogP contribution in [-0.2, 0) is 24.7 Å². The van der Waals surface area contributed by atoms with Gasteiger partial charge in [0.05, 0.1) is 23.6 Å². The summed E-state index contributed by atoms with van der Waals surface area (Å²) in [7, 11) is 1.98. The molecule has 4 heterocycles. The number of carbonyl (C=O) groups excluding carboxylic acids is 1. The summed E-state index contributed by atoms with van der Waals surface area (Å²) >= 11 is 0. The van der Waals surface area contributed by atoms with Crippen LogP contribution in [-0.4, -0.2) is 60.4 Å². The molecule has 1 aliphatic rings. The number of carboxylic acid groups (broad SMARTS) is 1. The quantitative estimate of drug-likeness (QED) is 0.452. The molecular weight excluding hydrogens is 467 g/mol. The minimum absolute atomic E-state index is 0.0784. The molecule has 3 N–H and O–H groups in total. The molecule has 0 atom stereocenters. The highest BCUT2D eigenvalue weighted by atomic mass is 19.4. The number of aromatic nitrogens is 5. The number of anilines is 1. The van der Waals surface area contributed by atoms with Crippen molar-refractivity contribution in [3.8, 4) is 0 Å². The van der Waals surface area contributed by atoms with E-state index in [9.17, 15) is 18.0 Å². The summed E-state index contributed by atoms with van der Waals surface area (Å²) in [5, 5.41) is 11.5. The van der Waals surface area contributed by atoms with Gasteiger partial charge in [0.1, 0.15) is 5.56 Å². The van der Waals surface area contributed by atoms with Crippen molar-refractivity contribution in [3.05, 3.63) is 53.7 Å². The fourth-order valence-electron chi connectivity index (χ4n) is 4.00. The van der Waals surface area contributed by atoms with Gasteiger partial charge in [-0.1, -0.05) is 0 Å². The lowest BCUT2D eigenvalue weighted by Gasteiger charge is -2.29. The summed E-state index contributed by atoms with van der Waals surface area (Å²) in [6.45, 7) is 1.22. The molecule has 0 saturated carbocycles. The van der Waals surface area contributed by atoms with E-state index in [1.807, 2.05) is 41.2 Å². The summed E-state index contributed by atoms with van der Waals surface area (Å²) in [4.78, 5) is 33.1. The lowest BCUT2D eigenvalue weighted by molar-refractivity contribution is -0.192. The molecule has 1 aromatic carbocycles. The Balaban J connectivity index is 0.000000364. The van der Waals surface area contributed by atoms with Gasteiger partial charge in [0.25, 0.3) is 5.91 Å². The van der Waals surface area contributed by atoms with Crippen LogP contribution in [0.2, 0.25) is 0 Å². The number of alkyl halides is 3. The zero-order chi connectivity index (χ0) is 25.3. The van der Waals surface area contributed by atoms with Crippen molar-refractivity contribution in [2.75, 3.05) is 18.0 Å². The summed E-state index contributed by atoms with van der Waals surface area (Å²) in [5.41, 5.74) is 11.8. The number of nitrogens with zero attached hydrogens (tertiary/aromatic N) is 6. The van der Waals surface area contributed by atoms with E-state index in [4.69, 9.17) is 15.6 Å². The topological polar surface area (TPSA) is 132 Å². The fraction of sp³-hybridized carbons (Fsp3) is 0.318. The van der Waals surface area contributed by atoms with Crippen molar-refractivity contribution in [3.63, 3.8) is 0 Å². The number of benzene rings is 1. The third-order valence-corrected chi connectivity index (χ3v) is 5.64. The standard InChI is InChI=1S/C20H21N7O.C2HF3O2/c1-25-12-23-18-14-3-2-8-26(16(14)4-5-17(18)25)20(28)15-10-24-27-11-13(6-7-21)9-22-19(15)27;3-2(4,5)1(6)7/h4-5,9-12H,2-3,6-8,21H2,1H3;(H,6,7). The Hall–Kier alpha value is -4.00. The molecule has 1 amide bonds. The predicted octanol–water partition coefficient (Wildman–Crippen LogP) is 2.34. The lowest BCUT2D eigenvalue weighted by Crippen LogP contribution is -2.35. The first kappa shape index (κ1) is 24.1. The maximum Gasteiger partial charge on any atom is 0.490 e. The number of aliphatic carboxylic acids is 1. The number of fused-ring (bicyclic) bond motifs is 4. The Labute approximate surface area is 196 Å². The van der Waals surface area contributed by atoms with E-state index in [-0.39, 0.29) is 5.91 Å². The van der Waals surface area contributed by atoms with Crippen molar-refractivity contribution < 1.29 is 27.9 Å². The summed E-state index contributed by atoms with van der Waals surface area (Å²) in [6, 6.07) is 4.05. The van der Waals surface area contributed by atoms with Crippen LogP contribution in [0.3, 0.4) is 0 Å². The first-order valence-corrected chi connectivity index (χ1v) is 10.7. The molecule has 3 aromatic heterocycles. The second-order valence-electron chi connectivity index (χ2n) is 7.98. The van der Waals surface area contributed by atoms with Gasteiger partial charge in [0.2, 0.25) is 0 Å². The monoisotopic (exact) mass is 489 g/mol. The van der Waals surface area contributed by atoms with E-state index < -0.39 is 12.1 Å². The van der Waals surface area contributed by atoms with E-state index in [0.29, 0.717) is 24.3 Å². The Morgan fingerprint density at radius 3 is 2.63 bits per heavy atom. The maximum absolute atomic E-state index is 13.4. The van der Waals surface area contributed by atoms with Crippen LogP contribution >= 0.6 is 0 Å². The van der Waals surface area contributed by atoms with Gasteiger partial charge in [-0.05, 0) is 43.5 Å². The number of imidazole rings is 1. The van der Waals surface area contributed by atoms with Gasteiger partial charge in [-0.2, -0.15) is 18.3 Å². The van der Waals surface area contributed by atoms with Crippen LogP contribution in [0.4, 0.5) is 18.9 Å². The van der Waals surface area contributed by atoms with Gasteiger partial charge >= 0.3 is 12.1 Å². The number of halogens is 3. The number of carboxylic acids is 1. The second kappa shape index (κ2) is 9.33. The smallest absolute Gasteiger partial charge is 0.475 e. The minimum atomic E-state index is -5.08. The number of aryl methyl sites for hydroxylation is 2. The number of carbonyl (C=O) groups is 2. The van der Waals surface area contributed by atoms with Crippen LogP contribution < -0.4 is 10.6 Å². The van der Waals surface area contributed by atoms with Gasteiger partial charge < -0.3 is 20.3 Å². The van der Waals surface area contributed by atoms with E-state index in [1.54, 1.807) is 16.9 Å². The van der Waals surface area contributed by atoms with Crippen LogP contribution in [0, 0.1) is 0 Å². The van der Waals surface area contributed by atoms with E-state index >= 15 is 0 Å². The van der Waals surface area contributed by atoms with E-state index in [0.717, 1.165) is 47.1 Å². The Morgan fingerprint density at radius 1 is 1.20 bits per heavy atom. The zero-order valence-corrected chi connectivity index (χ0v) is 18.7. The van der Waals surface area contributed by atoms with Crippen molar-refractivity contribution in [2.24, 2.45) is 12.8 Å². The number of rotatable bonds is 3. The molecule has 0 aliphatic carbocycles. The van der Waals surface area contributed by atoms with E-state index in [2.05, 4.69) is 15.1 Å². The number of amides is 1. The third kappa shape index (κ3) is 4.67. The van der Waals surface area contributed by atoms with Gasteiger partial charge in [-0.3, -0.25) is 4.79 Å². The largest absolute Gasteiger partial charge is 0.490 e. The Bertz CT molecular complexity index is 1410. The van der Waals surface area contributed by atoms with E-state index in [1.165, 1.54) is 0 Å². The van der Waals surface area contributed by atoms with Crippen LogP contribution in [0.5, 0.6) is 0 Å². The minimum Gasteiger partial charge on any atom is -0.475 e. The average Bonchev–Trinajstić information content (AvgIpc) is 3.41. The fourth-order valence-corrected chi connectivity index (χ4v) is 4.00. The molecule has 4 aromatic rings. The molecule has 5 rings (SSSR count). The molecule has 0 radical (unpaired) electrons. The predicted molar refractivity (Wildman–Crippen MR) is 120 cm³/mol. The molecule has 35 heavy (non-hydrogen) atoms. The highest BCUT2D eigenvalue weighted by Crippen LogP contribution is 2.33. The van der Waals surface area contributed by atoms with Crippen LogP contribution in [0.1, 0.15) is 27.9 Å². The molecule has 0 bridgehead atoms. The summed E-state index contributed by atoms with van der Waals surface area (Å²) in [5.74, 6) is -2.84. The third-order valence-electron chi connectivity index (χ3n) is 5.64. The molecule has 10 nitrogen and oxygen atoms in total. The molecule has 1 aliphatic heterocycles. The number of hydrogen-bond acceptors (Lipinski definition) is 6. The molecule has 0 fully saturated rings. The molecule has 13 heteroatoms. The van der Waals surface area contributed by atoms with Crippen molar-refractivity contribution >= 4 is 34.2 Å². The van der Waals surface area contributed by atoms with Crippen LogP contribution in [0.15, 0.2) is 37.1 Å². The molecule has 0 saturated heterocycles. The number of hydrogen-bond donors (Lipinski definition) is 2. The first-order chi connectivity index (χ1) is 16.6. The lowest BCUT2D eigenvalue weighted by atomic mass is 9.99. The SMILES string of the molecule is Cn1cnc2c3c(ccc21)N(C(=O)c1cnn2cc(CCN)cnc12)CCC3.O=C(O)C(F)(F)F. The number of nitrogens with two attached hydrogens (primary N) is 1. The highest BCUT2D eigenvalue weighted by molar-refractivity contribution is 6.11. The Kier molecular flexibility index (Phi) is 6.43.